The number of amides is 3. The van der Waals surface area contributed by atoms with Crippen LogP contribution in [-0.4, -0.2) is 35.3 Å². The second kappa shape index (κ2) is 8.43. The Morgan fingerprint density at radius 3 is 2.55 bits per heavy atom. The summed E-state index contributed by atoms with van der Waals surface area (Å²) < 4.78 is 0. The lowest BCUT2D eigenvalue weighted by atomic mass is 9.95. The molecule has 7 heteroatoms. The smallest absolute Gasteiger partial charge is 0.255 e. The molecule has 3 amide bonds. The van der Waals surface area contributed by atoms with Crippen molar-refractivity contribution in [3.8, 4) is 0 Å². The van der Waals surface area contributed by atoms with Crippen LogP contribution < -0.4 is 15.5 Å². The van der Waals surface area contributed by atoms with E-state index in [9.17, 15) is 14.4 Å². The van der Waals surface area contributed by atoms with Gasteiger partial charge in [0.05, 0.1) is 11.3 Å². The van der Waals surface area contributed by atoms with E-state index in [4.69, 9.17) is 0 Å². The third-order valence-electron chi connectivity index (χ3n) is 4.81. The maximum atomic E-state index is 12.9. The van der Waals surface area contributed by atoms with Crippen LogP contribution in [0.25, 0.3) is 0 Å². The fourth-order valence-corrected chi connectivity index (χ4v) is 3.10. The number of para-hydroxylation sites is 1. The van der Waals surface area contributed by atoms with Crippen molar-refractivity contribution in [3.63, 3.8) is 0 Å². The molecule has 1 fully saturated rings. The number of hydrogen-bond acceptors (Lipinski definition) is 4. The number of rotatable bonds is 4. The standard InChI is InChI=1S/C22H26N4O3/c1-22(2,3)21(29)25-17-11-12-23-14-16(17)19(27)24-18-10-7-13-26(20(18)28)15-8-5-4-6-9-15/h4-6,8-9,11-12,14,18H,7,10,13H2,1-3H3,(H,24,27)(H,23,25,29)/t18-/m0/s1. The Balaban J connectivity index is 1.75. The molecule has 1 aromatic heterocycles. The zero-order valence-corrected chi connectivity index (χ0v) is 16.9. The van der Waals surface area contributed by atoms with Gasteiger partial charge in [0.1, 0.15) is 6.04 Å². The van der Waals surface area contributed by atoms with Gasteiger partial charge in [0.2, 0.25) is 11.8 Å². The molecule has 0 spiro atoms. The molecule has 2 N–H and O–H groups in total. The highest BCUT2D eigenvalue weighted by Crippen LogP contribution is 2.23. The zero-order chi connectivity index (χ0) is 21.0. The summed E-state index contributed by atoms with van der Waals surface area (Å²) in [6.45, 7) is 6.00. The van der Waals surface area contributed by atoms with Crippen molar-refractivity contribution in [3.05, 3.63) is 54.4 Å². The summed E-state index contributed by atoms with van der Waals surface area (Å²) in [5.74, 6) is -0.780. The molecule has 1 atom stereocenters. The molecular weight excluding hydrogens is 368 g/mol. The molecule has 0 aliphatic carbocycles. The molecule has 1 aliphatic rings. The van der Waals surface area contributed by atoms with Crippen molar-refractivity contribution in [2.24, 2.45) is 5.41 Å². The Hall–Kier alpha value is -3.22. The second-order valence-corrected chi connectivity index (χ2v) is 8.12. The van der Waals surface area contributed by atoms with Crippen molar-refractivity contribution < 1.29 is 14.4 Å². The van der Waals surface area contributed by atoms with Crippen LogP contribution in [0.1, 0.15) is 44.0 Å². The van der Waals surface area contributed by atoms with Gasteiger partial charge in [-0.05, 0) is 31.0 Å². The molecule has 0 radical (unpaired) electrons. The molecule has 7 nitrogen and oxygen atoms in total. The molecule has 152 valence electrons. The van der Waals surface area contributed by atoms with Crippen LogP contribution in [0.4, 0.5) is 11.4 Å². The molecule has 0 unspecified atom stereocenters. The zero-order valence-electron chi connectivity index (χ0n) is 16.9. The van der Waals surface area contributed by atoms with Gasteiger partial charge in [0.25, 0.3) is 5.91 Å². The Morgan fingerprint density at radius 1 is 1.14 bits per heavy atom. The predicted molar refractivity (Wildman–Crippen MR) is 112 cm³/mol. The molecular formula is C22H26N4O3. The van der Waals surface area contributed by atoms with E-state index in [0.29, 0.717) is 18.7 Å². The molecule has 3 rings (SSSR count). The third-order valence-corrected chi connectivity index (χ3v) is 4.81. The van der Waals surface area contributed by atoms with Gasteiger partial charge in [-0.15, -0.1) is 0 Å². The first kappa shape index (κ1) is 20.5. The van der Waals surface area contributed by atoms with Crippen LogP contribution in [0.3, 0.4) is 0 Å². The van der Waals surface area contributed by atoms with E-state index in [2.05, 4.69) is 15.6 Å². The van der Waals surface area contributed by atoms with Crippen molar-refractivity contribution in [2.75, 3.05) is 16.8 Å². The predicted octanol–water partition coefficient (Wildman–Crippen LogP) is 2.99. The summed E-state index contributed by atoms with van der Waals surface area (Å²) in [6, 6.07) is 10.4. The van der Waals surface area contributed by atoms with Gasteiger partial charge in [0, 0.05) is 30.0 Å². The number of anilines is 2. The minimum atomic E-state index is -0.622. The number of nitrogens with zero attached hydrogens (tertiary/aromatic N) is 2. The summed E-state index contributed by atoms with van der Waals surface area (Å²) >= 11 is 0. The van der Waals surface area contributed by atoms with Crippen LogP contribution in [0, 0.1) is 5.41 Å². The lowest BCUT2D eigenvalue weighted by Gasteiger charge is -2.32. The summed E-state index contributed by atoms with van der Waals surface area (Å²) in [7, 11) is 0. The fourth-order valence-electron chi connectivity index (χ4n) is 3.10. The summed E-state index contributed by atoms with van der Waals surface area (Å²) in [5, 5.41) is 5.59. The molecule has 0 bridgehead atoms. The van der Waals surface area contributed by atoms with E-state index in [1.165, 1.54) is 12.4 Å². The lowest BCUT2D eigenvalue weighted by molar-refractivity contribution is -0.123. The van der Waals surface area contributed by atoms with E-state index >= 15 is 0 Å². The minimum Gasteiger partial charge on any atom is -0.340 e. The topological polar surface area (TPSA) is 91.4 Å². The highest BCUT2D eigenvalue weighted by molar-refractivity contribution is 6.07. The maximum Gasteiger partial charge on any atom is 0.255 e. The Labute approximate surface area is 170 Å². The lowest BCUT2D eigenvalue weighted by Crippen LogP contribution is -2.52. The minimum absolute atomic E-state index is 0.139. The molecule has 1 saturated heterocycles. The van der Waals surface area contributed by atoms with Gasteiger partial charge >= 0.3 is 0 Å². The Morgan fingerprint density at radius 2 is 1.86 bits per heavy atom. The Kier molecular flexibility index (Phi) is 5.96. The number of pyridine rings is 1. The monoisotopic (exact) mass is 394 g/mol. The van der Waals surface area contributed by atoms with E-state index in [1.54, 1.807) is 31.7 Å². The molecule has 1 aliphatic heterocycles. The average Bonchev–Trinajstić information content (AvgIpc) is 2.70. The number of carbonyl (C=O) groups is 3. The van der Waals surface area contributed by atoms with Gasteiger partial charge in [-0.1, -0.05) is 39.0 Å². The SMILES string of the molecule is CC(C)(C)C(=O)Nc1ccncc1C(=O)N[C@H]1CCCN(c2ccccc2)C1=O. The maximum absolute atomic E-state index is 12.9. The van der Waals surface area contributed by atoms with Crippen molar-refractivity contribution in [1.29, 1.82) is 0 Å². The number of nitrogens with one attached hydrogen (secondary N) is 2. The summed E-state index contributed by atoms with van der Waals surface area (Å²) in [6.07, 6.45) is 4.26. The van der Waals surface area contributed by atoms with Gasteiger partial charge in [0.15, 0.2) is 0 Å². The molecule has 29 heavy (non-hydrogen) atoms. The highest BCUT2D eigenvalue weighted by atomic mass is 16.2. The van der Waals surface area contributed by atoms with Crippen LogP contribution in [0.15, 0.2) is 48.8 Å². The number of aromatic nitrogens is 1. The number of carbonyl (C=O) groups excluding carboxylic acids is 3. The largest absolute Gasteiger partial charge is 0.340 e. The quantitative estimate of drug-likeness (QED) is 0.834. The molecule has 1 aromatic carbocycles. The highest BCUT2D eigenvalue weighted by Gasteiger charge is 2.31. The second-order valence-electron chi connectivity index (χ2n) is 8.12. The number of hydrogen-bond donors (Lipinski definition) is 2. The van der Waals surface area contributed by atoms with Crippen LogP contribution in [-0.2, 0) is 9.59 Å². The average molecular weight is 394 g/mol. The van der Waals surface area contributed by atoms with E-state index in [-0.39, 0.29) is 17.4 Å². The molecule has 0 saturated carbocycles. The summed E-state index contributed by atoms with van der Waals surface area (Å²) in [4.78, 5) is 43.8. The van der Waals surface area contributed by atoms with Crippen LogP contribution in [0.2, 0.25) is 0 Å². The van der Waals surface area contributed by atoms with Gasteiger partial charge in [-0.2, -0.15) is 0 Å². The first-order chi connectivity index (χ1) is 13.8. The van der Waals surface area contributed by atoms with Gasteiger partial charge in [-0.25, -0.2) is 0 Å². The fraction of sp³-hybridized carbons (Fsp3) is 0.364. The van der Waals surface area contributed by atoms with Gasteiger partial charge in [-0.3, -0.25) is 19.4 Å². The molecule has 2 aromatic rings. The Bertz CT molecular complexity index is 906. The number of piperidine rings is 1. The summed E-state index contributed by atoms with van der Waals surface area (Å²) in [5.41, 5.74) is 0.818. The first-order valence-electron chi connectivity index (χ1n) is 9.70. The van der Waals surface area contributed by atoms with Crippen molar-refractivity contribution in [1.82, 2.24) is 10.3 Å². The van der Waals surface area contributed by atoms with Crippen LogP contribution >= 0.6 is 0 Å². The van der Waals surface area contributed by atoms with E-state index in [1.807, 2.05) is 30.3 Å². The normalized spacial score (nSPS) is 17.0. The van der Waals surface area contributed by atoms with Crippen LogP contribution in [0.5, 0.6) is 0 Å². The van der Waals surface area contributed by atoms with Crippen molar-refractivity contribution in [2.45, 2.75) is 39.7 Å². The molecule has 2 heterocycles. The van der Waals surface area contributed by atoms with Crippen molar-refractivity contribution >= 4 is 29.1 Å². The van der Waals surface area contributed by atoms with E-state index in [0.717, 1.165) is 12.1 Å². The number of benzene rings is 1. The third kappa shape index (κ3) is 4.80. The van der Waals surface area contributed by atoms with Gasteiger partial charge < -0.3 is 15.5 Å². The van der Waals surface area contributed by atoms with E-state index < -0.39 is 17.4 Å². The first-order valence-corrected chi connectivity index (χ1v) is 9.70.